The third-order valence-corrected chi connectivity index (χ3v) is 4.12. The third-order valence-electron chi connectivity index (χ3n) is 3.32. The number of aldehydes is 1. The zero-order chi connectivity index (χ0) is 18.4. The van der Waals surface area contributed by atoms with E-state index in [9.17, 15) is 9.59 Å². The highest BCUT2D eigenvalue weighted by molar-refractivity contribution is 14.1. The predicted molar refractivity (Wildman–Crippen MR) is 106 cm³/mol. The Morgan fingerprint density at radius 1 is 1.12 bits per heavy atom. The predicted octanol–water partition coefficient (Wildman–Crippen LogP) is 4.14. The maximum absolute atomic E-state index is 12.2. The Morgan fingerprint density at radius 2 is 1.80 bits per heavy atom. The standard InChI is InChI=1S/C19H20INO4/c1-4-24-17-9-14(10-22)8-16(20)19(17)25-11-18(23)21-15-6-12(2)5-13(3)7-15/h5-10H,4,11H2,1-3H3,(H,21,23). The van der Waals surface area contributed by atoms with Gasteiger partial charge in [-0.2, -0.15) is 0 Å². The largest absolute Gasteiger partial charge is 0.490 e. The molecule has 25 heavy (non-hydrogen) atoms. The molecule has 0 aliphatic heterocycles. The molecule has 6 heteroatoms. The van der Waals surface area contributed by atoms with Crippen molar-refractivity contribution < 1.29 is 19.1 Å². The van der Waals surface area contributed by atoms with Crippen molar-refractivity contribution in [3.05, 3.63) is 50.6 Å². The average Bonchev–Trinajstić information content (AvgIpc) is 2.53. The lowest BCUT2D eigenvalue weighted by Gasteiger charge is -2.14. The van der Waals surface area contributed by atoms with E-state index < -0.39 is 0 Å². The van der Waals surface area contributed by atoms with E-state index in [1.54, 1.807) is 12.1 Å². The van der Waals surface area contributed by atoms with E-state index in [-0.39, 0.29) is 12.5 Å². The van der Waals surface area contributed by atoms with Crippen molar-refractivity contribution in [2.75, 3.05) is 18.5 Å². The fourth-order valence-corrected chi connectivity index (χ4v) is 3.22. The summed E-state index contributed by atoms with van der Waals surface area (Å²) in [5.41, 5.74) is 3.39. The van der Waals surface area contributed by atoms with E-state index in [4.69, 9.17) is 9.47 Å². The molecule has 2 aromatic carbocycles. The van der Waals surface area contributed by atoms with Gasteiger partial charge in [0.1, 0.15) is 6.29 Å². The second-order valence-corrected chi connectivity index (χ2v) is 6.76. The fourth-order valence-electron chi connectivity index (χ4n) is 2.44. The summed E-state index contributed by atoms with van der Waals surface area (Å²) in [7, 11) is 0. The number of carbonyl (C=O) groups is 2. The number of amides is 1. The van der Waals surface area contributed by atoms with Crippen LogP contribution >= 0.6 is 22.6 Å². The quantitative estimate of drug-likeness (QED) is 0.506. The van der Waals surface area contributed by atoms with Gasteiger partial charge in [-0.05, 0) is 78.8 Å². The zero-order valence-electron chi connectivity index (χ0n) is 14.4. The molecule has 0 aromatic heterocycles. The Morgan fingerprint density at radius 3 is 2.40 bits per heavy atom. The van der Waals surface area contributed by atoms with E-state index in [1.165, 1.54) is 0 Å². The molecule has 132 valence electrons. The third kappa shape index (κ3) is 5.45. The summed E-state index contributed by atoms with van der Waals surface area (Å²) < 4.78 is 11.9. The van der Waals surface area contributed by atoms with Crippen molar-refractivity contribution in [3.8, 4) is 11.5 Å². The first-order valence-corrected chi connectivity index (χ1v) is 8.93. The van der Waals surface area contributed by atoms with E-state index in [2.05, 4.69) is 27.9 Å². The summed E-state index contributed by atoms with van der Waals surface area (Å²) >= 11 is 2.06. The number of rotatable bonds is 7. The first-order valence-electron chi connectivity index (χ1n) is 7.85. The van der Waals surface area contributed by atoms with Crippen molar-refractivity contribution in [2.45, 2.75) is 20.8 Å². The van der Waals surface area contributed by atoms with E-state index in [1.807, 2.05) is 39.0 Å². The summed E-state index contributed by atoms with van der Waals surface area (Å²) in [6.07, 6.45) is 0.751. The number of hydrogen-bond donors (Lipinski definition) is 1. The molecule has 0 saturated carbocycles. The first kappa shape index (κ1) is 19.2. The molecule has 0 bridgehead atoms. The number of carbonyl (C=O) groups excluding carboxylic acids is 2. The molecular formula is C19H20INO4. The van der Waals surface area contributed by atoms with Crippen molar-refractivity contribution >= 4 is 40.5 Å². The first-order chi connectivity index (χ1) is 11.9. The highest BCUT2D eigenvalue weighted by Crippen LogP contribution is 2.33. The number of hydrogen-bond acceptors (Lipinski definition) is 4. The Hall–Kier alpha value is -2.09. The fraction of sp³-hybridized carbons (Fsp3) is 0.263. The summed E-state index contributed by atoms with van der Waals surface area (Å²) in [6.45, 7) is 6.08. The van der Waals surface area contributed by atoms with E-state index in [0.29, 0.717) is 27.2 Å². The van der Waals surface area contributed by atoms with Crippen LogP contribution in [0.2, 0.25) is 0 Å². The summed E-state index contributed by atoms with van der Waals surface area (Å²) in [5, 5.41) is 2.82. The van der Waals surface area contributed by atoms with Gasteiger partial charge in [0, 0.05) is 11.3 Å². The topological polar surface area (TPSA) is 64.6 Å². The normalized spacial score (nSPS) is 10.2. The molecule has 2 aromatic rings. The number of benzene rings is 2. The molecule has 5 nitrogen and oxygen atoms in total. The summed E-state index contributed by atoms with van der Waals surface area (Å²) in [4.78, 5) is 23.2. The number of anilines is 1. The van der Waals surface area contributed by atoms with Gasteiger partial charge < -0.3 is 14.8 Å². The van der Waals surface area contributed by atoms with Gasteiger partial charge in [0.2, 0.25) is 0 Å². The lowest BCUT2D eigenvalue weighted by atomic mass is 10.1. The molecule has 0 aliphatic carbocycles. The van der Waals surface area contributed by atoms with Crippen LogP contribution < -0.4 is 14.8 Å². The molecule has 2 rings (SSSR count). The van der Waals surface area contributed by atoms with Crippen LogP contribution in [0.15, 0.2) is 30.3 Å². The molecule has 1 amide bonds. The summed E-state index contributed by atoms with van der Waals surface area (Å²) in [5.74, 6) is 0.655. The van der Waals surface area contributed by atoms with Crippen LogP contribution in [0.4, 0.5) is 5.69 Å². The maximum Gasteiger partial charge on any atom is 0.262 e. The minimum absolute atomic E-state index is 0.149. The molecular weight excluding hydrogens is 433 g/mol. The Bertz CT molecular complexity index is 769. The van der Waals surface area contributed by atoms with Gasteiger partial charge >= 0.3 is 0 Å². The number of nitrogens with one attached hydrogen (secondary N) is 1. The Labute approximate surface area is 160 Å². The van der Waals surface area contributed by atoms with Crippen LogP contribution in [0.25, 0.3) is 0 Å². The molecule has 0 fully saturated rings. The van der Waals surface area contributed by atoms with Crippen LogP contribution in [0.3, 0.4) is 0 Å². The zero-order valence-corrected chi connectivity index (χ0v) is 16.5. The van der Waals surface area contributed by atoms with Crippen molar-refractivity contribution in [1.82, 2.24) is 0 Å². The van der Waals surface area contributed by atoms with Gasteiger partial charge in [0.05, 0.1) is 10.2 Å². The van der Waals surface area contributed by atoms with Gasteiger partial charge in [-0.3, -0.25) is 9.59 Å². The molecule has 0 radical (unpaired) electrons. The minimum Gasteiger partial charge on any atom is -0.490 e. The highest BCUT2D eigenvalue weighted by Gasteiger charge is 2.14. The number of halogens is 1. The van der Waals surface area contributed by atoms with Crippen LogP contribution in [-0.2, 0) is 4.79 Å². The summed E-state index contributed by atoms with van der Waals surface area (Å²) in [6, 6.07) is 9.14. The van der Waals surface area contributed by atoms with Gasteiger partial charge in [-0.25, -0.2) is 0 Å². The minimum atomic E-state index is -0.261. The molecule has 0 heterocycles. The lowest BCUT2D eigenvalue weighted by molar-refractivity contribution is -0.118. The molecule has 0 spiro atoms. The molecule has 0 saturated heterocycles. The molecule has 0 atom stereocenters. The van der Waals surface area contributed by atoms with Crippen molar-refractivity contribution in [3.63, 3.8) is 0 Å². The average molecular weight is 453 g/mol. The lowest BCUT2D eigenvalue weighted by Crippen LogP contribution is -2.21. The van der Waals surface area contributed by atoms with Gasteiger partial charge in [0.25, 0.3) is 5.91 Å². The van der Waals surface area contributed by atoms with Gasteiger partial charge in [0.15, 0.2) is 18.1 Å². The van der Waals surface area contributed by atoms with E-state index >= 15 is 0 Å². The maximum atomic E-state index is 12.2. The van der Waals surface area contributed by atoms with Crippen molar-refractivity contribution in [1.29, 1.82) is 0 Å². The Balaban J connectivity index is 2.09. The second kappa shape index (κ2) is 8.84. The van der Waals surface area contributed by atoms with Crippen molar-refractivity contribution in [2.24, 2.45) is 0 Å². The van der Waals surface area contributed by atoms with Crippen LogP contribution in [0, 0.1) is 17.4 Å². The van der Waals surface area contributed by atoms with Gasteiger partial charge in [-0.15, -0.1) is 0 Å². The van der Waals surface area contributed by atoms with Crippen LogP contribution in [-0.4, -0.2) is 25.4 Å². The molecule has 1 N–H and O–H groups in total. The van der Waals surface area contributed by atoms with Crippen LogP contribution in [0.5, 0.6) is 11.5 Å². The number of ether oxygens (including phenoxy) is 2. The van der Waals surface area contributed by atoms with Crippen LogP contribution in [0.1, 0.15) is 28.4 Å². The molecule has 0 unspecified atom stereocenters. The highest BCUT2D eigenvalue weighted by atomic mass is 127. The number of aryl methyl sites for hydroxylation is 2. The second-order valence-electron chi connectivity index (χ2n) is 5.59. The molecule has 0 aliphatic rings. The van der Waals surface area contributed by atoms with E-state index in [0.717, 1.165) is 23.1 Å². The Kier molecular flexibility index (Phi) is 6.81. The SMILES string of the molecule is CCOc1cc(C=O)cc(I)c1OCC(=O)Nc1cc(C)cc(C)c1. The van der Waals surface area contributed by atoms with Gasteiger partial charge in [-0.1, -0.05) is 6.07 Å². The smallest absolute Gasteiger partial charge is 0.262 e. The monoisotopic (exact) mass is 453 g/mol.